The van der Waals surface area contributed by atoms with Crippen molar-refractivity contribution in [2.24, 2.45) is 0 Å². The average molecular weight is 420 g/mol. The van der Waals surface area contributed by atoms with E-state index in [9.17, 15) is 4.79 Å². The number of nitrogens with zero attached hydrogens (tertiary/aromatic N) is 2. The Balaban J connectivity index is 1.85. The Kier molecular flexibility index (Phi) is 4.77. The van der Waals surface area contributed by atoms with E-state index in [1.807, 2.05) is 79.7 Å². The zero-order chi connectivity index (χ0) is 18.8. The van der Waals surface area contributed by atoms with Gasteiger partial charge in [-0.15, -0.1) is 0 Å². The van der Waals surface area contributed by atoms with Gasteiger partial charge in [0, 0.05) is 10.0 Å². The van der Waals surface area contributed by atoms with Crippen LogP contribution in [0.3, 0.4) is 0 Å². The van der Waals surface area contributed by atoms with Crippen molar-refractivity contribution in [1.29, 1.82) is 0 Å². The third-order valence-corrected chi connectivity index (χ3v) is 5.04. The summed E-state index contributed by atoms with van der Waals surface area (Å²) in [6.07, 6.45) is 0. The lowest BCUT2D eigenvalue weighted by Gasteiger charge is -2.17. The van der Waals surface area contributed by atoms with Crippen LogP contribution in [0.15, 0.2) is 82.1 Å². The van der Waals surface area contributed by atoms with Crippen molar-refractivity contribution in [2.45, 2.75) is 13.5 Å². The highest BCUT2D eigenvalue weighted by molar-refractivity contribution is 9.10. The summed E-state index contributed by atoms with van der Waals surface area (Å²) in [6, 6.07) is 23.4. The van der Waals surface area contributed by atoms with Crippen LogP contribution in [0.4, 0.5) is 0 Å². The van der Waals surface area contributed by atoms with E-state index in [-0.39, 0.29) is 5.56 Å². The van der Waals surface area contributed by atoms with Gasteiger partial charge in [0.15, 0.2) is 5.82 Å². The van der Waals surface area contributed by atoms with E-state index in [4.69, 9.17) is 4.98 Å². The van der Waals surface area contributed by atoms with Gasteiger partial charge in [-0.1, -0.05) is 64.5 Å². The Morgan fingerprint density at radius 3 is 2.44 bits per heavy atom. The number of fused-ring (bicyclic) bond motifs is 1. The lowest BCUT2D eigenvalue weighted by molar-refractivity contribution is 0.800. The Morgan fingerprint density at radius 2 is 1.67 bits per heavy atom. The number of rotatable bonds is 4. The number of para-hydroxylation sites is 1. The van der Waals surface area contributed by atoms with Gasteiger partial charge in [0.1, 0.15) is 0 Å². The van der Waals surface area contributed by atoms with Gasteiger partial charge in [-0.05, 0) is 42.3 Å². The first-order valence-corrected chi connectivity index (χ1v) is 9.49. The largest absolute Gasteiger partial charge is 0.317 e. The molecule has 0 amide bonds. The molecule has 134 valence electrons. The van der Waals surface area contributed by atoms with Gasteiger partial charge in [0.25, 0.3) is 5.56 Å². The number of hydrogen-bond acceptors (Lipinski definition) is 3. The fourth-order valence-electron chi connectivity index (χ4n) is 3.06. The summed E-state index contributed by atoms with van der Waals surface area (Å²) in [6.45, 7) is 2.54. The van der Waals surface area contributed by atoms with Crippen molar-refractivity contribution in [3.8, 4) is 11.4 Å². The summed E-state index contributed by atoms with van der Waals surface area (Å²) in [4.78, 5) is 17.9. The second-order valence-electron chi connectivity index (χ2n) is 6.37. The lowest BCUT2D eigenvalue weighted by Crippen LogP contribution is -2.31. The number of benzene rings is 3. The zero-order valence-electron chi connectivity index (χ0n) is 14.8. The van der Waals surface area contributed by atoms with E-state index in [2.05, 4.69) is 21.4 Å². The van der Waals surface area contributed by atoms with Crippen LogP contribution in [-0.2, 0) is 6.54 Å². The van der Waals surface area contributed by atoms with Crippen molar-refractivity contribution >= 4 is 26.8 Å². The van der Waals surface area contributed by atoms with Crippen LogP contribution in [0.1, 0.15) is 11.1 Å². The molecule has 5 heteroatoms. The van der Waals surface area contributed by atoms with Crippen LogP contribution >= 0.6 is 15.9 Å². The highest BCUT2D eigenvalue weighted by Gasteiger charge is 2.14. The van der Waals surface area contributed by atoms with Crippen LogP contribution in [0, 0.1) is 6.92 Å². The lowest BCUT2D eigenvalue weighted by atomic mass is 10.1. The summed E-state index contributed by atoms with van der Waals surface area (Å²) < 4.78 is 2.59. The summed E-state index contributed by atoms with van der Waals surface area (Å²) in [5, 5.41) is 0.596. The van der Waals surface area contributed by atoms with Crippen molar-refractivity contribution < 1.29 is 0 Å². The van der Waals surface area contributed by atoms with Gasteiger partial charge in [0.05, 0.1) is 17.4 Å². The van der Waals surface area contributed by atoms with E-state index >= 15 is 0 Å². The van der Waals surface area contributed by atoms with Gasteiger partial charge in [-0.3, -0.25) is 4.79 Å². The molecule has 0 bridgehead atoms. The molecule has 0 aliphatic heterocycles. The van der Waals surface area contributed by atoms with Gasteiger partial charge < -0.3 is 5.43 Å². The molecule has 1 N–H and O–H groups in total. The summed E-state index contributed by atoms with van der Waals surface area (Å²) in [7, 11) is 0. The molecular weight excluding hydrogens is 402 g/mol. The molecule has 4 aromatic rings. The minimum atomic E-state index is -0.101. The van der Waals surface area contributed by atoms with Crippen molar-refractivity contribution in [1.82, 2.24) is 9.66 Å². The van der Waals surface area contributed by atoms with Crippen molar-refractivity contribution in [3.63, 3.8) is 0 Å². The van der Waals surface area contributed by atoms with E-state index in [0.29, 0.717) is 23.3 Å². The Hall–Kier alpha value is -2.92. The van der Waals surface area contributed by atoms with Crippen molar-refractivity contribution in [3.05, 3.63) is 98.7 Å². The van der Waals surface area contributed by atoms with E-state index in [1.54, 1.807) is 4.68 Å². The Morgan fingerprint density at radius 1 is 0.963 bits per heavy atom. The molecule has 0 unspecified atom stereocenters. The fraction of sp³-hybridized carbons (Fsp3) is 0.0909. The average Bonchev–Trinajstić information content (AvgIpc) is 2.69. The highest BCUT2D eigenvalue weighted by Crippen LogP contribution is 2.22. The summed E-state index contributed by atoms with van der Waals surface area (Å²) in [5.41, 5.74) is 6.94. The molecule has 0 saturated heterocycles. The van der Waals surface area contributed by atoms with Gasteiger partial charge in [-0.2, -0.15) is 0 Å². The van der Waals surface area contributed by atoms with Gasteiger partial charge in [0.2, 0.25) is 0 Å². The molecule has 27 heavy (non-hydrogen) atoms. The zero-order valence-corrected chi connectivity index (χ0v) is 16.4. The molecule has 1 aromatic heterocycles. The molecule has 0 atom stereocenters. The fourth-order valence-corrected chi connectivity index (χ4v) is 3.32. The summed E-state index contributed by atoms with van der Waals surface area (Å²) in [5.74, 6) is 0.619. The predicted octanol–water partition coefficient (Wildman–Crippen LogP) is 4.88. The summed E-state index contributed by atoms with van der Waals surface area (Å²) >= 11 is 3.44. The minimum absolute atomic E-state index is 0.101. The third kappa shape index (κ3) is 3.51. The highest BCUT2D eigenvalue weighted by atomic mass is 79.9. The topological polar surface area (TPSA) is 46.9 Å². The molecule has 0 saturated carbocycles. The number of aryl methyl sites for hydroxylation is 1. The molecule has 3 aromatic carbocycles. The maximum absolute atomic E-state index is 13.2. The van der Waals surface area contributed by atoms with Gasteiger partial charge in [-0.25, -0.2) is 9.66 Å². The third-order valence-electron chi connectivity index (χ3n) is 4.52. The smallest absolute Gasteiger partial charge is 0.280 e. The SMILES string of the molecule is Cc1ccccc1-c1nc2ccccc2c(=O)n1NCc1ccc(Br)cc1. The Bertz CT molecular complexity index is 1170. The van der Waals surface area contributed by atoms with E-state index in [0.717, 1.165) is 21.2 Å². The van der Waals surface area contributed by atoms with E-state index < -0.39 is 0 Å². The van der Waals surface area contributed by atoms with E-state index in [1.165, 1.54) is 0 Å². The standard InChI is InChI=1S/C22H18BrN3O/c1-15-6-2-3-7-18(15)21-25-20-9-5-4-8-19(20)22(27)26(21)24-14-16-10-12-17(23)13-11-16/h2-13,24H,14H2,1H3. The number of nitrogens with one attached hydrogen (secondary N) is 1. The molecule has 4 rings (SSSR count). The normalized spacial score (nSPS) is 10.9. The van der Waals surface area contributed by atoms with Crippen LogP contribution in [0.2, 0.25) is 0 Å². The first kappa shape index (κ1) is 17.5. The maximum atomic E-state index is 13.2. The molecular formula is C22H18BrN3O. The molecule has 4 nitrogen and oxygen atoms in total. The first-order valence-electron chi connectivity index (χ1n) is 8.69. The van der Waals surface area contributed by atoms with Crippen LogP contribution in [0.25, 0.3) is 22.3 Å². The van der Waals surface area contributed by atoms with Crippen molar-refractivity contribution in [2.75, 3.05) is 5.43 Å². The second kappa shape index (κ2) is 7.37. The van der Waals surface area contributed by atoms with Crippen LogP contribution < -0.4 is 11.0 Å². The molecule has 0 spiro atoms. The van der Waals surface area contributed by atoms with Crippen LogP contribution in [0.5, 0.6) is 0 Å². The quantitative estimate of drug-likeness (QED) is 0.512. The number of aromatic nitrogens is 2. The minimum Gasteiger partial charge on any atom is -0.317 e. The predicted molar refractivity (Wildman–Crippen MR) is 113 cm³/mol. The molecule has 1 heterocycles. The monoisotopic (exact) mass is 419 g/mol. The van der Waals surface area contributed by atoms with Gasteiger partial charge >= 0.3 is 0 Å². The maximum Gasteiger partial charge on any atom is 0.280 e. The first-order chi connectivity index (χ1) is 13.1. The molecule has 0 radical (unpaired) electrons. The molecule has 0 aliphatic carbocycles. The van der Waals surface area contributed by atoms with Crippen LogP contribution in [-0.4, -0.2) is 9.66 Å². The Labute approximate surface area is 165 Å². The number of halogens is 1. The second-order valence-corrected chi connectivity index (χ2v) is 7.29. The molecule has 0 aliphatic rings. The number of hydrogen-bond donors (Lipinski definition) is 1. The molecule has 0 fully saturated rings.